The van der Waals surface area contributed by atoms with Crippen LogP contribution in [0.15, 0.2) is 23.0 Å². The third-order valence-corrected chi connectivity index (χ3v) is 8.37. The molecule has 4 rings (SSSR count). The smallest absolute Gasteiger partial charge is 0.251 e. The fourth-order valence-corrected chi connectivity index (χ4v) is 5.88. The van der Waals surface area contributed by atoms with E-state index < -0.39 is 0 Å². The summed E-state index contributed by atoms with van der Waals surface area (Å²) in [5.74, 6) is 6.54. The third-order valence-electron chi connectivity index (χ3n) is 8.37. The Hall–Kier alpha value is -3.08. The number of amides is 1. The minimum Gasteiger partial charge on any atom is -0.378 e. The number of hydrogen-bond acceptors (Lipinski definition) is 5. The minimum absolute atomic E-state index is 0.0671. The number of hydrogen-bond donors (Lipinski definition) is 2. The highest BCUT2D eigenvalue weighted by atomic mass is 16.5. The largest absolute Gasteiger partial charge is 0.378 e. The molecule has 0 atom stereocenters. The summed E-state index contributed by atoms with van der Waals surface area (Å²) in [7, 11) is 4.33. The van der Waals surface area contributed by atoms with Gasteiger partial charge < -0.3 is 24.8 Å². The van der Waals surface area contributed by atoms with E-state index >= 15 is 0 Å². The van der Waals surface area contributed by atoms with E-state index in [9.17, 15) is 9.59 Å². The van der Waals surface area contributed by atoms with Crippen molar-refractivity contribution in [1.29, 1.82) is 0 Å². The molecule has 0 radical (unpaired) electrons. The van der Waals surface area contributed by atoms with E-state index in [4.69, 9.17) is 4.74 Å². The molecule has 0 spiro atoms. The summed E-state index contributed by atoms with van der Waals surface area (Å²) in [6.07, 6.45) is 4.59. The van der Waals surface area contributed by atoms with Gasteiger partial charge >= 0.3 is 0 Å². The normalized spacial score (nSPS) is 20.1. The van der Waals surface area contributed by atoms with Gasteiger partial charge in [0, 0.05) is 65.0 Å². The van der Waals surface area contributed by atoms with Crippen molar-refractivity contribution in [2.24, 2.45) is 5.41 Å². The monoisotopic (exact) mass is 532 g/mol. The first-order valence-electron chi connectivity index (χ1n) is 14.2. The Morgan fingerprint density at radius 2 is 1.77 bits per heavy atom. The third kappa shape index (κ3) is 6.57. The fraction of sp³-hybridized carbons (Fsp3) is 0.562. The molecule has 0 unspecified atom stereocenters. The number of ether oxygens (including phenoxy) is 1. The fourth-order valence-electron chi connectivity index (χ4n) is 5.88. The minimum atomic E-state index is -0.192. The van der Waals surface area contributed by atoms with Gasteiger partial charge in [-0.2, -0.15) is 0 Å². The molecule has 2 heterocycles. The number of benzene rings is 1. The van der Waals surface area contributed by atoms with Gasteiger partial charge in [-0.25, -0.2) is 0 Å². The summed E-state index contributed by atoms with van der Waals surface area (Å²) in [4.78, 5) is 34.1. The maximum Gasteiger partial charge on any atom is 0.251 e. The van der Waals surface area contributed by atoms with E-state index in [1.807, 2.05) is 26.8 Å². The number of H-pyrrole nitrogens is 1. The molecule has 1 aromatic heterocycles. The van der Waals surface area contributed by atoms with E-state index in [0.29, 0.717) is 36.4 Å². The van der Waals surface area contributed by atoms with Crippen molar-refractivity contribution in [2.75, 3.05) is 38.8 Å². The van der Waals surface area contributed by atoms with E-state index in [0.717, 1.165) is 47.6 Å². The molecule has 0 bridgehead atoms. The number of pyridine rings is 1. The van der Waals surface area contributed by atoms with Crippen LogP contribution in [0, 0.1) is 38.0 Å². The molecule has 1 saturated carbocycles. The van der Waals surface area contributed by atoms with E-state index in [2.05, 4.69) is 66.0 Å². The van der Waals surface area contributed by atoms with E-state index in [-0.39, 0.29) is 23.3 Å². The molecule has 1 saturated heterocycles. The number of nitrogens with one attached hydrogen (secondary N) is 2. The van der Waals surface area contributed by atoms with Crippen molar-refractivity contribution >= 4 is 11.6 Å². The predicted molar refractivity (Wildman–Crippen MR) is 157 cm³/mol. The van der Waals surface area contributed by atoms with Gasteiger partial charge in [-0.05, 0) is 92.1 Å². The Morgan fingerprint density at radius 3 is 2.33 bits per heavy atom. The number of rotatable bonds is 7. The lowest BCUT2D eigenvalue weighted by Gasteiger charge is -2.40. The lowest BCUT2D eigenvalue weighted by atomic mass is 9.88. The summed E-state index contributed by atoms with van der Waals surface area (Å²) < 4.78 is 5.39. The first kappa shape index (κ1) is 28.9. The molecule has 1 amide bonds. The average molecular weight is 533 g/mol. The molecule has 1 aliphatic heterocycles. The number of aromatic nitrogens is 1. The van der Waals surface area contributed by atoms with Crippen molar-refractivity contribution in [3.63, 3.8) is 0 Å². The zero-order valence-corrected chi connectivity index (χ0v) is 24.7. The number of nitrogens with zero attached hydrogens (tertiary/aromatic N) is 2. The number of anilines is 1. The van der Waals surface area contributed by atoms with Crippen LogP contribution >= 0.6 is 0 Å². The van der Waals surface area contributed by atoms with Crippen LogP contribution in [0.2, 0.25) is 0 Å². The van der Waals surface area contributed by atoms with Crippen molar-refractivity contribution in [3.8, 4) is 11.8 Å². The molecule has 1 aromatic carbocycles. The Bertz CT molecular complexity index is 1320. The van der Waals surface area contributed by atoms with Crippen LogP contribution in [0.3, 0.4) is 0 Å². The van der Waals surface area contributed by atoms with Crippen LogP contribution in [0.4, 0.5) is 5.69 Å². The van der Waals surface area contributed by atoms with Gasteiger partial charge in [0.1, 0.15) is 0 Å². The van der Waals surface area contributed by atoms with Crippen molar-refractivity contribution in [3.05, 3.63) is 62.1 Å². The molecule has 2 N–H and O–H groups in total. The van der Waals surface area contributed by atoms with E-state index in [1.54, 1.807) is 6.07 Å². The highest BCUT2D eigenvalue weighted by Crippen LogP contribution is 2.33. The highest BCUT2D eigenvalue weighted by Gasteiger charge is 2.31. The lowest BCUT2D eigenvalue weighted by Crippen LogP contribution is -2.42. The zero-order valence-electron chi connectivity index (χ0n) is 24.7. The average Bonchev–Trinajstić information content (AvgIpc) is 2.87. The second-order valence-electron chi connectivity index (χ2n) is 11.8. The summed E-state index contributed by atoms with van der Waals surface area (Å²) in [5.41, 5.74) is 5.41. The summed E-state index contributed by atoms with van der Waals surface area (Å²) in [6, 6.07) is 6.67. The van der Waals surface area contributed by atoms with Gasteiger partial charge in [0.15, 0.2) is 5.43 Å². The SMILES string of the molecule is CCN(c1cc(C#CC2(C)COC2)cc(C(=O)NCc2c(C)[nH]c(C)cc2=O)c1C)C1CCC(N(C)C)CC1. The van der Waals surface area contributed by atoms with Gasteiger partial charge in [-0.1, -0.05) is 11.8 Å². The Kier molecular flexibility index (Phi) is 8.88. The van der Waals surface area contributed by atoms with Gasteiger partial charge in [-0.3, -0.25) is 9.59 Å². The second kappa shape index (κ2) is 12.0. The van der Waals surface area contributed by atoms with Crippen LogP contribution in [-0.2, 0) is 11.3 Å². The summed E-state index contributed by atoms with van der Waals surface area (Å²) in [6.45, 7) is 12.3. The highest BCUT2D eigenvalue weighted by molar-refractivity contribution is 5.97. The molecule has 2 aliphatic rings. The Balaban J connectivity index is 1.66. The molecule has 7 nitrogen and oxygen atoms in total. The molecule has 2 fully saturated rings. The number of aryl methyl sites for hydroxylation is 2. The summed E-state index contributed by atoms with van der Waals surface area (Å²) >= 11 is 0. The molecule has 7 heteroatoms. The zero-order chi connectivity index (χ0) is 28.3. The van der Waals surface area contributed by atoms with Crippen LogP contribution in [-0.4, -0.2) is 61.7 Å². The van der Waals surface area contributed by atoms with Crippen LogP contribution in [0.1, 0.15) is 78.0 Å². The Labute approximate surface area is 233 Å². The molecule has 39 heavy (non-hydrogen) atoms. The number of carbonyl (C=O) groups is 1. The topological polar surface area (TPSA) is 77.7 Å². The van der Waals surface area contributed by atoms with Crippen molar-refractivity contribution < 1.29 is 9.53 Å². The number of carbonyl (C=O) groups excluding carboxylic acids is 1. The molecule has 1 aliphatic carbocycles. The quantitative estimate of drug-likeness (QED) is 0.520. The summed E-state index contributed by atoms with van der Waals surface area (Å²) in [5, 5.41) is 3.01. The van der Waals surface area contributed by atoms with Crippen LogP contribution in [0.25, 0.3) is 0 Å². The lowest BCUT2D eigenvalue weighted by molar-refractivity contribution is -0.0648. The Morgan fingerprint density at radius 1 is 1.10 bits per heavy atom. The second-order valence-corrected chi connectivity index (χ2v) is 11.8. The maximum absolute atomic E-state index is 13.6. The van der Waals surface area contributed by atoms with Gasteiger partial charge in [0.05, 0.1) is 18.6 Å². The van der Waals surface area contributed by atoms with Gasteiger partial charge in [0.25, 0.3) is 5.91 Å². The number of aromatic amines is 1. The van der Waals surface area contributed by atoms with Crippen LogP contribution < -0.4 is 15.6 Å². The van der Waals surface area contributed by atoms with Gasteiger partial charge in [-0.15, -0.1) is 0 Å². The molecular weight excluding hydrogens is 488 g/mol. The van der Waals surface area contributed by atoms with Crippen molar-refractivity contribution in [2.45, 2.75) is 78.9 Å². The standard InChI is InChI=1S/C32H44N4O3/c1-8-36(26-11-9-25(10-12-26)35(6)7)29-17-24(13-14-32(5)19-39-20-32)16-27(22(29)3)31(38)33-18-28-23(4)34-21(2)15-30(28)37/h15-17,25-26H,8-12,18-20H2,1-7H3,(H,33,38)(H,34,37). The molecule has 210 valence electrons. The van der Waals surface area contributed by atoms with Crippen molar-refractivity contribution in [1.82, 2.24) is 15.2 Å². The van der Waals surface area contributed by atoms with E-state index in [1.165, 1.54) is 12.8 Å². The molecule has 2 aromatic rings. The first-order chi connectivity index (χ1) is 18.5. The van der Waals surface area contributed by atoms with Gasteiger partial charge in [0.2, 0.25) is 0 Å². The first-order valence-corrected chi connectivity index (χ1v) is 14.2. The predicted octanol–water partition coefficient (Wildman–Crippen LogP) is 4.32. The molecular formula is C32H44N4O3. The van der Waals surface area contributed by atoms with Crippen LogP contribution in [0.5, 0.6) is 0 Å². The maximum atomic E-state index is 13.6.